The second kappa shape index (κ2) is 3.33. The predicted octanol–water partition coefficient (Wildman–Crippen LogP) is 2.82. The number of para-hydroxylation sites is 1. The molecule has 1 aromatic rings. The number of nitrogen functional groups attached to an aromatic ring is 1. The summed E-state index contributed by atoms with van der Waals surface area (Å²) in [5.41, 5.74) is 3.69. The van der Waals surface area contributed by atoms with Crippen LogP contribution in [0.2, 0.25) is 0 Å². The quantitative estimate of drug-likeness (QED) is 0.725. The van der Waals surface area contributed by atoms with Gasteiger partial charge in [-0.1, -0.05) is 6.07 Å². The fourth-order valence-corrected chi connectivity index (χ4v) is 0.993. The van der Waals surface area contributed by atoms with Crippen LogP contribution >= 0.6 is 11.9 Å². The highest BCUT2D eigenvalue weighted by molar-refractivity contribution is 6.09. The van der Waals surface area contributed by atoms with Gasteiger partial charge < -0.3 is 10.0 Å². The molecule has 0 aromatic heterocycles. The Morgan fingerprint density at radius 3 is 2.38 bits per heavy atom. The van der Waals surface area contributed by atoms with E-state index < -0.39 is 17.4 Å². The SMILES string of the molecule is Nc1c(OCl)cccc1C(F)(F)F. The van der Waals surface area contributed by atoms with Crippen molar-refractivity contribution in [2.24, 2.45) is 0 Å². The zero-order valence-corrected chi connectivity index (χ0v) is 6.99. The Kier molecular flexibility index (Phi) is 2.56. The standard InChI is InChI=1S/C7H5ClF3NO/c8-13-5-3-1-2-4(6(5)12)7(9,10)11/h1-3H,12H2. The first-order chi connectivity index (χ1) is 5.96. The number of hydrogen-bond donors (Lipinski definition) is 1. The van der Waals surface area contributed by atoms with Crippen LogP contribution in [0.15, 0.2) is 18.2 Å². The Morgan fingerprint density at radius 2 is 1.92 bits per heavy atom. The van der Waals surface area contributed by atoms with Gasteiger partial charge in [-0.2, -0.15) is 13.2 Å². The number of hydrogen-bond acceptors (Lipinski definition) is 2. The molecule has 1 aromatic carbocycles. The van der Waals surface area contributed by atoms with Crippen LogP contribution in [-0.4, -0.2) is 0 Å². The molecule has 6 heteroatoms. The molecule has 0 aliphatic rings. The molecule has 0 unspecified atom stereocenters. The fraction of sp³-hybridized carbons (Fsp3) is 0.143. The molecule has 0 aliphatic carbocycles. The lowest BCUT2D eigenvalue weighted by molar-refractivity contribution is -0.136. The first-order valence-corrected chi connectivity index (χ1v) is 3.52. The normalized spacial score (nSPS) is 11.4. The molecule has 2 nitrogen and oxygen atoms in total. The smallest absolute Gasteiger partial charge is 0.395 e. The number of benzene rings is 1. The largest absolute Gasteiger partial charge is 0.418 e. The summed E-state index contributed by atoms with van der Waals surface area (Å²) < 4.78 is 40.7. The van der Waals surface area contributed by atoms with Crippen LogP contribution in [0.5, 0.6) is 5.75 Å². The number of alkyl halides is 3. The van der Waals surface area contributed by atoms with Gasteiger partial charge in [0.05, 0.1) is 11.3 Å². The van der Waals surface area contributed by atoms with E-state index in [2.05, 4.69) is 4.29 Å². The highest BCUT2D eigenvalue weighted by Crippen LogP contribution is 2.37. The van der Waals surface area contributed by atoms with E-state index in [9.17, 15) is 13.2 Å². The zero-order chi connectivity index (χ0) is 10.1. The minimum absolute atomic E-state index is 0.198. The van der Waals surface area contributed by atoms with Crippen LogP contribution in [0.3, 0.4) is 0 Å². The van der Waals surface area contributed by atoms with Gasteiger partial charge in [-0.3, -0.25) is 0 Å². The van der Waals surface area contributed by atoms with Gasteiger partial charge in [-0.15, -0.1) is 0 Å². The minimum Gasteiger partial charge on any atom is -0.395 e. The number of rotatable bonds is 1. The third-order valence-corrected chi connectivity index (χ3v) is 1.62. The molecule has 0 heterocycles. The monoisotopic (exact) mass is 211 g/mol. The summed E-state index contributed by atoms with van der Waals surface area (Å²) in [7, 11) is 0. The van der Waals surface area contributed by atoms with Crippen LogP contribution in [0.4, 0.5) is 18.9 Å². The number of nitrogens with two attached hydrogens (primary N) is 1. The van der Waals surface area contributed by atoms with Gasteiger partial charge in [0, 0.05) is 0 Å². The lowest BCUT2D eigenvalue weighted by atomic mass is 10.1. The molecule has 2 N–H and O–H groups in total. The molecule has 1 rings (SSSR count). The molecule has 0 spiro atoms. The molecular weight excluding hydrogens is 207 g/mol. The second-order valence-electron chi connectivity index (χ2n) is 2.29. The average Bonchev–Trinajstić information content (AvgIpc) is 2.02. The molecule has 0 bridgehead atoms. The van der Waals surface area contributed by atoms with E-state index in [4.69, 9.17) is 17.6 Å². The summed E-state index contributed by atoms with van der Waals surface area (Å²) in [4.78, 5) is 0. The van der Waals surface area contributed by atoms with Crippen molar-refractivity contribution in [2.75, 3.05) is 5.73 Å². The van der Waals surface area contributed by atoms with Crippen LogP contribution < -0.4 is 10.0 Å². The van der Waals surface area contributed by atoms with E-state index in [1.165, 1.54) is 6.07 Å². The highest BCUT2D eigenvalue weighted by Gasteiger charge is 2.33. The predicted molar refractivity (Wildman–Crippen MR) is 42.3 cm³/mol. The maximum absolute atomic E-state index is 12.2. The molecule has 0 radical (unpaired) electrons. The van der Waals surface area contributed by atoms with E-state index in [1.54, 1.807) is 0 Å². The van der Waals surface area contributed by atoms with Crippen molar-refractivity contribution in [3.8, 4) is 5.75 Å². The van der Waals surface area contributed by atoms with Crippen molar-refractivity contribution in [3.63, 3.8) is 0 Å². The molecule has 0 aliphatic heterocycles. The average molecular weight is 212 g/mol. The van der Waals surface area contributed by atoms with Crippen molar-refractivity contribution < 1.29 is 17.5 Å². The molecule has 0 atom stereocenters. The zero-order valence-electron chi connectivity index (χ0n) is 6.23. The third kappa shape index (κ3) is 1.98. The maximum atomic E-state index is 12.2. The first kappa shape index (κ1) is 9.98. The first-order valence-electron chi connectivity index (χ1n) is 3.21. The van der Waals surface area contributed by atoms with Gasteiger partial charge in [-0.05, 0) is 12.1 Å². The molecule has 13 heavy (non-hydrogen) atoms. The fourth-order valence-electron chi connectivity index (χ4n) is 0.858. The summed E-state index contributed by atoms with van der Waals surface area (Å²) in [6.07, 6.45) is -4.49. The van der Waals surface area contributed by atoms with Gasteiger partial charge in [0.15, 0.2) is 5.75 Å². The Balaban J connectivity index is 3.24. The number of anilines is 1. The topological polar surface area (TPSA) is 35.2 Å². The van der Waals surface area contributed by atoms with E-state index in [0.29, 0.717) is 0 Å². The van der Waals surface area contributed by atoms with Crippen molar-refractivity contribution in [1.82, 2.24) is 0 Å². The molecule has 0 amide bonds. The molecule has 0 saturated carbocycles. The van der Waals surface area contributed by atoms with Crippen LogP contribution in [0.1, 0.15) is 5.56 Å². The van der Waals surface area contributed by atoms with Gasteiger partial charge in [0.1, 0.15) is 11.9 Å². The molecule has 0 saturated heterocycles. The molecule has 72 valence electrons. The van der Waals surface area contributed by atoms with Gasteiger partial charge >= 0.3 is 6.18 Å². The van der Waals surface area contributed by atoms with Gasteiger partial charge in [0.25, 0.3) is 0 Å². The van der Waals surface area contributed by atoms with Crippen LogP contribution in [0.25, 0.3) is 0 Å². The minimum atomic E-state index is -4.49. The number of halogens is 4. The Hall–Kier alpha value is -1.10. The van der Waals surface area contributed by atoms with E-state index in [1.807, 2.05) is 0 Å². The van der Waals surface area contributed by atoms with Crippen molar-refractivity contribution in [3.05, 3.63) is 23.8 Å². The highest BCUT2D eigenvalue weighted by atomic mass is 35.5. The lowest BCUT2D eigenvalue weighted by Gasteiger charge is -2.10. The summed E-state index contributed by atoms with van der Waals surface area (Å²) in [6.45, 7) is 0. The van der Waals surface area contributed by atoms with Gasteiger partial charge in [0.2, 0.25) is 0 Å². The Bertz CT molecular complexity index is 313. The Labute approximate surface area is 77.2 Å². The van der Waals surface area contributed by atoms with Crippen molar-refractivity contribution >= 4 is 17.6 Å². The maximum Gasteiger partial charge on any atom is 0.418 e. The van der Waals surface area contributed by atoms with Crippen molar-refractivity contribution in [1.29, 1.82) is 0 Å². The second-order valence-corrected chi connectivity index (χ2v) is 2.45. The van der Waals surface area contributed by atoms with E-state index in [-0.39, 0.29) is 5.75 Å². The molecule has 0 fully saturated rings. The van der Waals surface area contributed by atoms with E-state index in [0.717, 1.165) is 12.1 Å². The van der Waals surface area contributed by atoms with E-state index >= 15 is 0 Å². The summed E-state index contributed by atoms with van der Waals surface area (Å²) in [5.74, 6) is -0.198. The molecular formula is C7H5ClF3NO. The third-order valence-electron chi connectivity index (χ3n) is 1.45. The van der Waals surface area contributed by atoms with Gasteiger partial charge in [-0.25, -0.2) is 0 Å². The van der Waals surface area contributed by atoms with Crippen LogP contribution in [0, 0.1) is 0 Å². The summed E-state index contributed by atoms with van der Waals surface area (Å²) in [5, 5.41) is 0. The summed E-state index contributed by atoms with van der Waals surface area (Å²) in [6, 6.07) is 3.27. The van der Waals surface area contributed by atoms with Crippen LogP contribution in [-0.2, 0) is 6.18 Å². The lowest BCUT2D eigenvalue weighted by Crippen LogP contribution is -2.09. The summed E-state index contributed by atoms with van der Waals surface area (Å²) >= 11 is 4.91. The Morgan fingerprint density at radius 1 is 1.31 bits per heavy atom. The van der Waals surface area contributed by atoms with Crippen molar-refractivity contribution in [2.45, 2.75) is 6.18 Å².